The van der Waals surface area contributed by atoms with Crippen LogP contribution in [0, 0.1) is 0 Å². The van der Waals surface area contributed by atoms with E-state index in [1.54, 1.807) is 12.2 Å². The molecule has 0 aliphatic rings. The molecule has 0 heterocycles. The summed E-state index contributed by atoms with van der Waals surface area (Å²) in [5.41, 5.74) is 0.523. The molecule has 0 aliphatic heterocycles. The van der Waals surface area contributed by atoms with E-state index >= 15 is 0 Å². The molecular formula is C9H14N2O. The van der Waals surface area contributed by atoms with Crippen molar-refractivity contribution in [2.75, 3.05) is 6.54 Å². The molecule has 0 bridgehead atoms. The van der Waals surface area contributed by atoms with E-state index in [2.05, 4.69) is 17.0 Å². The zero-order valence-corrected chi connectivity index (χ0v) is 7.50. The maximum atomic E-state index is 11.2. The molecule has 0 aromatic carbocycles. The van der Waals surface area contributed by atoms with Gasteiger partial charge in [-0.3, -0.25) is 9.79 Å². The van der Waals surface area contributed by atoms with Crippen molar-refractivity contribution in [3.05, 3.63) is 23.9 Å². The molecule has 0 aromatic rings. The van der Waals surface area contributed by atoms with Crippen LogP contribution in [0.3, 0.4) is 0 Å². The summed E-state index contributed by atoms with van der Waals surface area (Å²) >= 11 is 0. The summed E-state index contributed by atoms with van der Waals surface area (Å²) in [6.07, 6.45) is 4.91. The first-order chi connectivity index (χ1) is 5.76. The second kappa shape index (κ2) is 6.34. The van der Waals surface area contributed by atoms with Crippen LogP contribution in [0.5, 0.6) is 0 Å². The summed E-state index contributed by atoms with van der Waals surface area (Å²) in [6.45, 7) is 7.61. The fourth-order valence-electron chi connectivity index (χ4n) is 0.718. The molecular weight excluding hydrogens is 152 g/mol. The number of rotatable bonds is 4. The van der Waals surface area contributed by atoms with Crippen molar-refractivity contribution in [2.45, 2.75) is 13.8 Å². The Morgan fingerprint density at radius 1 is 1.67 bits per heavy atom. The summed E-state index contributed by atoms with van der Waals surface area (Å²) < 4.78 is 0. The number of carbonyl (C=O) groups is 1. The van der Waals surface area contributed by atoms with Crippen molar-refractivity contribution in [3.8, 4) is 0 Å². The molecule has 0 aliphatic carbocycles. The molecule has 1 amide bonds. The third-order valence-corrected chi connectivity index (χ3v) is 1.18. The molecule has 0 spiro atoms. The Kier molecular flexibility index (Phi) is 5.61. The van der Waals surface area contributed by atoms with Crippen molar-refractivity contribution in [1.82, 2.24) is 5.32 Å². The monoisotopic (exact) mass is 166 g/mol. The minimum atomic E-state index is -0.122. The van der Waals surface area contributed by atoms with Crippen LogP contribution in [0.1, 0.15) is 13.8 Å². The number of carbonyl (C=O) groups excluding carboxylic acids is 1. The lowest BCUT2D eigenvalue weighted by Crippen LogP contribution is -2.23. The molecule has 0 radical (unpaired) electrons. The molecule has 1 N–H and O–H groups in total. The molecule has 0 saturated carbocycles. The Bertz CT molecular complexity index is 217. The number of allylic oxidation sites excluding steroid dienone is 1. The van der Waals surface area contributed by atoms with E-state index < -0.39 is 0 Å². The first-order valence-electron chi connectivity index (χ1n) is 3.83. The standard InChI is InChI=1S/C9H14N2O/c1-4-6-8(7-10-3)9(12)11-5-2/h4,6-7H,3,5H2,1-2H3,(H,11,12)/b6-4-,8-7+. The Balaban J connectivity index is 4.40. The van der Waals surface area contributed by atoms with Gasteiger partial charge >= 0.3 is 0 Å². The SMILES string of the molecule is C=N/C=C(\C=C/C)C(=O)NCC. The van der Waals surface area contributed by atoms with Crippen molar-refractivity contribution < 1.29 is 4.79 Å². The van der Waals surface area contributed by atoms with Gasteiger partial charge in [-0.05, 0) is 20.6 Å². The van der Waals surface area contributed by atoms with Crippen LogP contribution in [0.15, 0.2) is 28.9 Å². The van der Waals surface area contributed by atoms with E-state index in [4.69, 9.17) is 0 Å². The van der Waals surface area contributed by atoms with Crippen molar-refractivity contribution in [1.29, 1.82) is 0 Å². The van der Waals surface area contributed by atoms with Gasteiger partial charge in [-0.2, -0.15) is 0 Å². The molecule has 3 nitrogen and oxygen atoms in total. The average Bonchev–Trinajstić information content (AvgIpc) is 2.04. The van der Waals surface area contributed by atoms with Crippen molar-refractivity contribution >= 4 is 12.6 Å². The third kappa shape index (κ3) is 3.71. The van der Waals surface area contributed by atoms with Crippen LogP contribution in [0.4, 0.5) is 0 Å². The first kappa shape index (κ1) is 10.6. The molecule has 0 fully saturated rings. The zero-order chi connectivity index (χ0) is 9.40. The molecule has 0 atom stereocenters. The fraction of sp³-hybridized carbons (Fsp3) is 0.333. The van der Waals surface area contributed by atoms with Crippen LogP contribution in [-0.2, 0) is 4.79 Å². The Hall–Kier alpha value is -1.38. The van der Waals surface area contributed by atoms with Crippen LogP contribution in [-0.4, -0.2) is 19.2 Å². The van der Waals surface area contributed by atoms with E-state index in [1.807, 2.05) is 13.8 Å². The van der Waals surface area contributed by atoms with Gasteiger partial charge < -0.3 is 5.32 Å². The highest BCUT2D eigenvalue weighted by atomic mass is 16.1. The highest BCUT2D eigenvalue weighted by Crippen LogP contribution is 1.96. The van der Waals surface area contributed by atoms with Crippen LogP contribution >= 0.6 is 0 Å². The van der Waals surface area contributed by atoms with E-state index in [9.17, 15) is 4.79 Å². The van der Waals surface area contributed by atoms with Gasteiger partial charge in [0.05, 0.1) is 5.57 Å². The minimum Gasteiger partial charge on any atom is -0.352 e. The van der Waals surface area contributed by atoms with Crippen LogP contribution in [0.25, 0.3) is 0 Å². The minimum absolute atomic E-state index is 0.122. The van der Waals surface area contributed by atoms with Gasteiger partial charge in [0.2, 0.25) is 0 Å². The number of aliphatic imine (C=N–C) groups is 1. The first-order valence-corrected chi connectivity index (χ1v) is 3.83. The fourth-order valence-corrected chi connectivity index (χ4v) is 0.718. The number of likely N-dealkylation sites (N-methyl/N-ethyl adjacent to an activating group) is 1. The largest absolute Gasteiger partial charge is 0.352 e. The summed E-state index contributed by atoms with van der Waals surface area (Å²) in [5.74, 6) is -0.122. The van der Waals surface area contributed by atoms with Crippen LogP contribution < -0.4 is 5.32 Å². The summed E-state index contributed by atoms with van der Waals surface area (Å²) in [7, 11) is 0. The molecule has 12 heavy (non-hydrogen) atoms. The van der Waals surface area contributed by atoms with Gasteiger partial charge in [0, 0.05) is 12.7 Å². The Morgan fingerprint density at radius 2 is 2.33 bits per heavy atom. The highest BCUT2D eigenvalue weighted by Gasteiger charge is 2.02. The lowest BCUT2D eigenvalue weighted by Gasteiger charge is -2.00. The van der Waals surface area contributed by atoms with Gasteiger partial charge in [0.15, 0.2) is 0 Å². The normalized spacial score (nSPS) is 11.7. The summed E-state index contributed by atoms with van der Waals surface area (Å²) in [6, 6.07) is 0. The maximum absolute atomic E-state index is 11.2. The van der Waals surface area contributed by atoms with E-state index in [0.29, 0.717) is 12.1 Å². The lowest BCUT2D eigenvalue weighted by atomic mass is 10.2. The molecule has 0 aromatic heterocycles. The molecule has 0 unspecified atom stereocenters. The van der Waals surface area contributed by atoms with E-state index in [1.165, 1.54) is 6.20 Å². The highest BCUT2D eigenvalue weighted by molar-refractivity contribution is 5.96. The molecule has 66 valence electrons. The van der Waals surface area contributed by atoms with Gasteiger partial charge in [0.25, 0.3) is 5.91 Å². The van der Waals surface area contributed by atoms with Crippen LogP contribution in [0.2, 0.25) is 0 Å². The number of nitrogens with one attached hydrogen (secondary N) is 1. The quantitative estimate of drug-likeness (QED) is 0.381. The molecule has 0 saturated heterocycles. The average molecular weight is 166 g/mol. The Morgan fingerprint density at radius 3 is 2.75 bits per heavy atom. The summed E-state index contributed by atoms with van der Waals surface area (Å²) in [4.78, 5) is 14.7. The van der Waals surface area contributed by atoms with Gasteiger partial charge in [-0.15, -0.1) is 0 Å². The summed E-state index contributed by atoms with van der Waals surface area (Å²) in [5, 5.41) is 2.67. The van der Waals surface area contributed by atoms with E-state index in [0.717, 1.165) is 0 Å². The van der Waals surface area contributed by atoms with E-state index in [-0.39, 0.29) is 5.91 Å². The third-order valence-electron chi connectivity index (χ3n) is 1.18. The molecule has 3 heteroatoms. The second-order valence-electron chi connectivity index (χ2n) is 2.13. The smallest absolute Gasteiger partial charge is 0.252 e. The van der Waals surface area contributed by atoms with Gasteiger partial charge in [-0.25, -0.2) is 0 Å². The predicted molar refractivity (Wildman–Crippen MR) is 51.1 cm³/mol. The van der Waals surface area contributed by atoms with Gasteiger partial charge in [-0.1, -0.05) is 12.2 Å². The second-order valence-corrected chi connectivity index (χ2v) is 2.13. The number of hydrogen-bond acceptors (Lipinski definition) is 2. The number of nitrogens with zero attached hydrogens (tertiary/aromatic N) is 1. The van der Waals surface area contributed by atoms with Crippen molar-refractivity contribution in [2.24, 2.45) is 4.99 Å². The topological polar surface area (TPSA) is 41.5 Å². The zero-order valence-electron chi connectivity index (χ0n) is 7.50. The predicted octanol–water partition coefficient (Wildman–Crippen LogP) is 1.28. The lowest BCUT2D eigenvalue weighted by molar-refractivity contribution is -0.117. The number of amides is 1. The maximum Gasteiger partial charge on any atom is 0.252 e. The Labute approximate surface area is 72.9 Å². The number of hydrogen-bond donors (Lipinski definition) is 1. The molecule has 0 rings (SSSR count). The van der Waals surface area contributed by atoms with Crippen molar-refractivity contribution in [3.63, 3.8) is 0 Å². The van der Waals surface area contributed by atoms with Gasteiger partial charge in [0.1, 0.15) is 0 Å².